The highest BCUT2D eigenvalue weighted by atomic mass is 15.0. The SMILES string of the molecule is Nc1ncc(-c2ccnc3c2CCC3)cn1. The monoisotopic (exact) mass is 212 g/mol. The van der Waals surface area contributed by atoms with Crippen LogP contribution in [0.1, 0.15) is 17.7 Å². The van der Waals surface area contributed by atoms with E-state index in [1.807, 2.05) is 12.3 Å². The van der Waals surface area contributed by atoms with Crippen molar-refractivity contribution in [1.29, 1.82) is 0 Å². The molecule has 0 bridgehead atoms. The normalized spacial score (nSPS) is 13.8. The van der Waals surface area contributed by atoms with E-state index < -0.39 is 0 Å². The van der Waals surface area contributed by atoms with Gasteiger partial charge < -0.3 is 5.73 Å². The van der Waals surface area contributed by atoms with Crippen LogP contribution < -0.4 is 5.73 Å². The van der Waals surface area contributed by atoms with E-state index in [1.54, 1.807) is 12.4 Å². The lowest BCUT2D eigenvalue weighted by atomic mass is 10.0. The number of nitrogens with zero attached hydrogens (tertiary/aromatic N) is 3. The number of aryl methyl sites for hydroxylation is 1. The summed E-state index contributed by atoms with van der Waals surface area (Å²) in [7, 11) is 0. The number of nitrogens with two attached hydrogens (primary N) is 1. The van der Waals surface area contributed by atoms with Gasteiger partial charge in [-0.3, -0.25) is 4.98 Å². The summed E-state index contributed by atoms with van der Waals surface area (Å²) in [6, 6.07) is 2.03. The first kappa shape index (κ1) is 9.27. The van der Waals surface area contributed by atoms with Gasteiger partial charge in [-0.25, -0.2) is 9.97 Å². The minimum atomic E-state index is 0.314. The molecule has 1 aliphatic rings. The highest BCUT2D eigenvalue weighted by Gasteiger charge is 2.16. The molecule has 1 aliphatic carbocycles. The van der Waals surface area contributed by atoms with Crippen molar-refractivity contribution in [3.05, 3.63) is 35.9 Å². The minimum absolute atomic E-state index is 0.314. The summed E-state index contributed by atoms with van der Waals surface area (Å²) in [4.78, 5) is 12.5. The molecule has 0 saturated carbocycles. The van der Waals surface area contributed by atoms with Crippen LogP contribution in [0.2, 0.25) is 0 Å². The average molecular weight is 212 g/mol. The predicted octanol–water partition coefficient (Wildman–Crippen LogP) is 1.61. The molecule has 3 rings (SSSR count). The molecule has 80 valence electrons. The molecular weight excluding hydrogens is 200 g/mol. The molecule has 16 heavy (non-hydrogen) atoms. The second-order valence-electron chi connectivity index (χ2n) is 3.97. The smallest absolute Gasteiger partial charge is 0.219 e. The summed E-state index contributed by atoms with van der Waals surface area (Å²) in [5.74, 6) is 0.314. The van der Waals surface area contributed by atoms with Crippen LogP contribution >= 0.6 is 0 Å². The zero-order valence-corrected chi connectivity index (χ0v) is 8.85. The quantitative estimate of drug-likeness (QED) is 0.780. The van der Waals surface area contributed by atoms with Gasteiger partial charge in [0.1, 0.15) is 0 Å². The molecule has 4 nitrogen and oxygen atoms in total. The Hall–Kier alpha value is -1.97. The Morgan fingerprint density at radius 1 is 1.06 bits per heavy atom. The molecule has 0 aromatic carbocycles. The number of anilines is 1. The van der Waals surface area contributed by atoms with Crippen LogP contribution in [0.25, 0.3) is 11.1 Å². The highest BCUT2D eigenvalue weighted by molar-refractivity contribution is 5.67. The summed E-state index contributed by atoms with van der Waals surface area (Å²) in [6.45, 7) is 0. The van der Waals surface area contributed by atoms with Crippen LogP contribution in [-0.4, -0.2) is 15.0 Å². The van der Waals surface area contributed by atoms with Crippen molar-refractivity contribution < 1.29 is 0 Å². The highest BCUT2D eigenvalue weighted by Crippen LogP contribution is 2.30. The number of pyridine rings is 1. The first-order valence-electron chi connectivity index (χ1n) is 5.39. The van der Waals surface area contributed by atoms with Crippen LogP contribution in [0.4, 0.5) is 5.95 Å². The van der Waals surface area contributed by atoms with Crippen molar-refractivity contribution >= 4 is 5.95 Å². The molecule has 0 spiro atoms. The van der Waals surface area contributed by atoms with Gasteiger partial charge in [0, 0.05) is 29.8 Å². The van der Waals surface area contributed by atoms with E-state index in [0.717, 1.165) is 18.4 Å². The maximum Gasteiger partial charge on any atom is 0.219 e. The number of aromatic nitrogens is 3. The Morgan fingerprint density at radius 2 is 1.88 bits per heavy atom. The van der Waals surface area contributed by atoms with Gasteiger partial charge in [0.2, 0.25) is 5.95 Å². The van der Waals surface area contributed by atoms with Crippen molar-refractivity contribution in [2.45, 2.75) is 19.3 Å². The predicted molar refractivity (Wildman–Crippen MR) is 61.7 cm³/mol. The van der Waals surface area contributed by atoms with E-state index in [4.69, 9.17) is 5.73 Å². The van der Waals surface area contributed by atoms with Gasteiger partial charge in [0.25, 0.3) is 0 Å². The van der Waals surface area contributed by atoms with E-state index in [9.17, 15) is 0 Å². The van der Waals surface area contributed by atoms with Crippen LogP contribution in [0, 0.1) is 0 Å². The van der Waals surface area contributed by atoms with E-state index in [1.165, 1.54) is 23.2 Å². The number of nitrogen functional groups attached to an aromatic ring is 1. The van der Waals surface area contributed by atoms with Crippen molar-refractivity contribution in [2.24, 2.45) is 0 Å². The Balaban J connectivity index is 2.13. The zero-order valence-electron chi connectivity index (χ0n) is 8.85. The third-order valence-electron chi connectivity index (χ3n) is 2.97. The van der Waals surface area contributed by atoms with Gasteiger partial charge >= 0.3 is 0 Å². The Kier molecular flexibility index (Phi) is 2.06. The molecule has 0 fully saturated rings. The fourth-order valence-electron chi connectivity index (χ4n) is 2.21. The molecule has 0 radical (unpaired) electrons. The second kappa shape index (κ2) is 3.56. The number of hydrogen-bond donors (Lipinski definition) is 1. The minimum Gasteiger partial charge on any atom is -0.368 e. The number of fused-ring (bicyclic) bond motifs is 1. The van der Waals surface area contributed by atoms with Gasteiger partial charge in [-0.15, -0.1) is 0 Å². The molecular formula is C12H12N4. The molecule has 2 N–H and O–H groups in total. The van der Waals surface area contributed by atoms with Crippen LogP contribution in [0.5, 0.6) is 0 Å². The van der Waals surface area contributed by atoms with Crippen LogP contribution in [0.3, 0.4) is 0 Å². The first-order chi connectivity index (χ1) is 7.84. The second-order valence-corrected chi connectivity index (χ2v) is 3.97. The summed E-state index contributed by atoms with van der Waals surface area (Å²) >= 11 is 0. The lowest BCUT2D eigenvalue weighted by molar-refractivity contribution is 0.899. The van der Waals surface area contributed by atoms with E-state index in [0.29, 0.717) is 5.95 Å². The third kappa shape index (κ3) is 1.43. The lowest BCUT2D eigenvalue weighted by Gasteiger charge is -2.06. The van der Waals surface area contributed by atoms with E-state index in [-0.39, 0.29) is 0 Å². The maximum absolute atomic E-state index is 5.48. The number of hydrogen-bond acceptors (Lipinski definition) is 4. The van der Waals surface area contributed by atoms with Crippen molar-refractivity contribution in [1.82, 2.24) is 15.0 Å². The average Bonchev–Trinajstić information content (AvgIpc) is 2.78. The summed E-state index contributed by atoms with van der Waals surface area (Å²) < 4.78 is 0. The molecule has 0 amide bonds. The fraction of sp³-hybridized carbons (Fsp3) is 0.250. The van der Waals surface area contributed by atoms with Gasteiger partial charge in [-0.2, -0.15) is 0 Å². The Labute approximate surface area is 93.6 Å². The van der Waals surface area contributed by atoms with Crippen LogP contribution in [0.15, 0.2) is 24.7 Å². The van der Waals surface area contributed by atoms with Gasteiger partial charge in [-0.05, 0) is 36.5 Å². The zero-order chi connectivity index (χ0) is 11.0. The van der Waals surface area contributed by atoms with Gasteiger partial charge in [0.05, 0.1) is 0 Å². The van der Waals surface area contributed by atoms with E-state index in [2.05, 4.69) is 15.0 Å². The molecule has 0 unspecified atom stereocenters. The lowest BCUT2D eigenvalue weighted by Crippen LogP contribution is -1.96. The number of rotatable bonds is 1. The van der Waals surface area contributed by atoms with Crippen LogP contribution in [-0.2, 0) is 12.8 Å². The molecule has 0 atom stereocenters. The van der Waals surface area contributed by atoms with Crippen molar-refractivity contribution in [3.63, 3.8) is 0 Å². The largest absolute Gasteiger partial charge is 0.368 e. The molecule has 0 saturated heterocycles. The topological polar surface area (TPSA) is 64.7 Å². The van der Waals surface area contributed by atoms with Gasteiger partial charge in [0.15, 0.2) is 0 Å². The Bertz CT molecular complexity index is 519. The van der Waals surface area contributed by atoms with Gasteiger partial charge in [-0.1, -0.05) is 0 Å². The first-order valence-corrected chi connectivity index (χ1v) is 5.39. The maximum atomic E-state index is 5.48. The molecule has 0 aliphatic heterocycles. The molecule has 4 heteroatoms. The Morgan fingerprint density at radius 3 is 2.69 bits per heavy atom. The summed E-state index contributed by atoms with van der Waals surface area (Å²) in [5.41, 5.74) is 10.3. The third-order valence-corrected chi connectivity index (χ3v) is 2.97. The summed E-state index contributed by atoms with van der Waals surface area (Å²) in [6.07, 6.45) is 8.78. The fourth-order valence-corrected chi connectivity index (χ4v) is 2.21. The molecule has 2 aromatic rings. The van der Waals surface area contributed by atoms with Crippen molar-refractivity contribution in [2.75, 3.05) is 5.73 Å². The summed E-state index contributed by atoms with van der Waals surface area (Å²) in [5, 5.41) is 0. The van der Waals surface area contributed by atoms with Crippen molar-refractivity contribution in [3.8, 4) is 11.1 Å². The molecule has 2 heterocycles. The van der Waals surface area contributed by atoms with E-state index >= 15 is 0 Å². The standard InChI is InChI=1S/C12H12N4/c13-12-15-6-8(7-16-12)9-4-5-14-11-3-1-2-10(9)11/h4-7H,1-3H2,(H2,13,15,16). The molecule has 2 aromatic heterocycles.